The standard InChI is InChI=1S/C21H22ClF3N2O3S/c22-16-9-11-17(12-10-16)31(29,30)27(19-4-2-1-3-18(19)20(26)28)13-14-5-7-15(8-6-14)21(23,24)25/h5-12,18-19H,1-4,13H2,(H2,26,28)/t18-,19+/m1/s1. The third-order valence-corrected chi connectivity index (χ3v) is 7.64. The van der Waals surface area contributed by atoms with E-state index in [4.69, 9.17) is 17.3 Å². The number of benzene rings is 2. The summed E-state index contributed by atoms with van der Waals surface area (Å²) < 4.78 is 66.8. The third-order valence-electron chi connectivity index (χ3n) is 5.50. The van der Waals surface area contributed by atoms with Crippen molar-refractivity contribution < 1.29 is 26.4 Å². The molecule has 1 saturated carbocycles. The van der Waals surface area contributed by atoms with Crippen LogP contribution in [0.2, 0.25) is 5.02 Å². The lowest BCUT2D eigenvalue weighted by atomic mass is 9.84. The Morgan fingerprint density at radius 2 is 1.61 bits per heavy atom. The number of nitrogens with two attached hydrogens (primary N) is 1. The van der Waals surface area contributed by atoms with Gasteiger partial charge in [0.1, 0.15) is 0 Å². The largest absolute Gasteiger partial charge is 0.416 e. The molecule has 168 valence electrons. The maximum atomic E-state index is 13.5. The van der Waals surface area contributed by atoms with Gasteiger partial charge in [0, 0.05) is 17.6 Å². The van der Waals surface area contributed by atoms with Crippen molar-refractivity contribution in [3.63, 3.8) is 0 Å². The van der Waals surface area contributed by atoms with E-state index in [1.807, 2.05) is 0 Å². The molecule has 0 bridgehead atoms. The molecule has 1 aliphatic rings. The lowest BCUT2D eigenvalue weighted by molar-refractivity contribution is -0.137. The summed E-state index contributed by atoms with van der Waals surface area (Å²) in [7, 11) is -4.08. The zero-order valence-electron chi connectivity index (χ0n) is 16.5. The van der Waals surface area contributed by atoms with Crippen LogP contribution in [0.25, 0.3) is 0 Å². The molecule has 2 atom stereocenters. The van der Waals surface area contributed by atoms with Gasteiger partial charge in [-0.2, -0.15) is 17.5 Å². The number of nitrogens with zero attached hydrogens (tertiary/aromatic N) is 1. The Hall–Kier alpha value is -2.10. The molecule has 2 aromatic carbocycles. The highest BCUT2D eigenvalue weighted by Gasteiger charge is 2.40. The van der Waals surface area contributed by atoms with Crippen LogP contribution >= 0.6 is 11.6 Å². The summed E-state index contributed by atoms with van der Waals surface area (Å²) in [5.74, 6) is -1.27. The predicted molar refractivity (Wildman–Crippen MR) is 111 cm³/mol. The fourth-order valence-corrected chi connectivity index (χ4v) is 5.69. The number of hydrogen-bond donors (Lipinski definition) is 1. The number of sulfonamides is 1. The molecule has 0 heterocycles. The van der Waals surface area contributed by atoms with Gasteiger partial charge in [-0.15, -0.1) is 0 Å². The number of amides is 1. The fraction of sp³-hybridized carbons (Fsp3) is 0.381. The smallest absolute Gasteiger partial charge is 0.369 e. The fourth-order valence-electron chi connectivity index (χ4n) is 3.89. The zero-order valence-corrected chi connectivity index (χ0v) is 18.1. The maximum absolute atomic E-state index is 13.5. The van der Waals surface area contributed by atoms with Crippen molar-refractivity contribution in [1.29, 1.82) is 0 Å². The number of rotatable bonds is 6. The molecular formula is C21H22ClF3N2O3S. The third kappa shape index (κ3) is 5.39. The molecule has 1 amide bonds. The van der Waals surface area contributed by atoms with Crippen molar-refractivity contribution in [1.82, 2.24) is 4.31 Å². The summed E-state index contributed by atoms with van der Waals surface area (Å²) >= 11 is 5.87. The second-order valence-corrected chi connectivity index (χ2v) is 9.89. The number of hydrogen-bond acceptors (Lipinski definition) is 3. The molecule has 3 rings (SSSR count). The topological polar surface area (TPSA) is 80.5 Å². The van der Waals surface area contributed by atoms with E-state index in [0.29, 0.717) is 29.8 Å². The van der Waals surface area contributed by atoms with Crippen LogP contribution in [0.5, 0.6) is 0 Å². The summed E-state index contributed by atoms with van der Waals surface area (Å²) in [5.41, 5.74) is 5.11. The van der Waals surface area contributed by atoms with E-state index < -0.39 is 39.6 Å². The van der Waals surface area contributed by atoms with Gasteiger partial charge in [0.25, 0.3) is 0 Å². The molecule has 5 nitrogen and oxygen atoms in total. The minimum absolute atomic E-state index is 0.0161. The van der Waals surface area contributed by atoms with E-state index in [1.165, 1.54) is 40.7 Å². The molecular weight excluding hydrogens is 453 g/mol. The van der Waals surface area contributed by atoms with Crippen molar-refractivity contribution in [2.24, 2.45) is 11.7 Å². The second kappa shape index (κ2) is 9.18. The maximum Gasteiger partial charge on any atom is 0.416 e. The minimum Gasteiger partial charge on any atom is -0.369 e. The van der Waals surface area contributed by atoms with Crippen LogP contribution < -0.4 is 5.73 Å². The summed E-state index contributed by atoms with van der Waals surface area (Å²) in [6, 6.07) is 9.23. The Morgan fingerprint density at radius 3 is 2.16 bits per heavy atom. The highest BCUT2D eigenvalue weighted by Crippen LogP contribution is 2.34. The molecule has 1 aliphatic carbocycles. The van der Waals surface area contributed by atoms with Crippen molar-refractivity contribution in [3.8, 4) is 0 Å². The van der Waals surface area contributed by atoms with E-state index in [9.17, 15) is 26.4 Å². The van der Waals surface area contributed by atoms with Gasteiger partial charge in [0.15, 0.2) is 0 Å². The molecule has 0 saturated heterocycles. The Kier molecular flexibility index (Phi) is 6.98. The monoisotopic (exact) mass is 474 g/mol. The average molecular weight is 475 g/mol. The van der Waals surface area contributed by atoms with E-state index >= 15 is 0 Å². The Bertz CT molecular complexity index is 1030. The Labute approximate surface area is 184 Å². The molecule has 0 radical (unpaired) electrons. The van der Waals surface area contributed by atoms with E-state index in [2.05, 4.69) is 0 Å². The molecule has 10 heteroatoms. The number of alkyl halides is 3. The lowest BCUT2D eigenvalue weighted by Gasteiger charge is -2.38. The molecule has 0 aromatic heterocycles. The van der Waals surface area contributed by atoms with Gasteiger partial charge in [0.2, 0.25) is 15.9 Å². The van der Waals surface area contributed by atoms with Gasteiger partial charge >= 0.3 is 6.18 Å². The number of carbonyl (C=O) groups is 1. The van der Waals surface area contributed by atoms with Crippen LogP contribution in [0, 0.1) is 5.92 Å². The highest BCUT2D eigenvalue weighted by atomic mass is 35.5. The summed E-state index contributed by atoms with van der Waals surface area (Å²) in [6.07, 6.45) is -2.14. The van der Waals surface area contributed by atoms with Crippen molar-refractivity contribution in [3.05, 3.63) is 64.7 Å². The summed E-state index contributed by atoms with van der Waals surface area (Å²) in [4.78, 5) is 12.0. The molecule has 1 fully saturated rings. The van der Waals surface area contributed by atoms with Crippen LogP contribution in [0.4, 0.5) is 13.2 Å². The van der Waals surface area contributed by atoms with Gasteiger partial charge < -0.3 is 5.73 Å². The van der Waals surface area contributed by atoms with Crippen molar-refractivity contribution in [2.75, 3.05) is 0 Å². The Morgan fingerprint density at radius 1 is 1.03 bits per heavy atom. The normalized spacial score (nSPS) is 20.0. The number of carbonyl (C=O) groups excluding carboxylic acids is 1. The zero-order chi connectivity index (χ0) is 22.8. The van der Waals surface area contributed by atoms with Crippen molar-refractivity contribution in [2.45, 2.75) is 49.3 Å². The van der Waals surface area contributed by atoms with Crippen LogP contribution in [0.1, 0.15) is 36.8 Å². The first kappa shape index (κ1) is 23.6. The molecule has 0 aliphatic heterocycles. The predicted octanol–water partition coefficient (Wildman–Crippen LogP) is 4.59. The van der Waals surface area contributed by atoms with Crippen LogP contribution in [-0.4, -0.2) is 24.7 Å². The van der Waals surface area contributed by atoms with E-state index in [-0.39, 0.29) is 11.4 Å². The minimum atomic E-state index is -4.49. The highest BCUT2D eigenvalue weighted by molar-refractivity contribution is 7.89. The van der Waals surface area contributed by atoms with Gasteiger partial charge in [0.05, 0.1) is 16.4 Å². The average Bonchev–Trinajstić information content (AvgIpc) is 2.72. The first-order valence-electron chi connectivity index (χ1n) is 9.73. The first-order chi connectivity index (χ1) is 14.5. The summed E-state index contributed by atoms with van der Waals surface area (Å²) in [6.45, 7) is -0.183. The SMILES string of the molecule is NC(=O)[C@@H]1CCCC[C@@H]1N(Cc1ccc(C(F)(F)F)cc1)S(=O)(=O)c1ccc(Cl)cc1. The quantitative estimate of drug-likeness (QED) is 0.664. The number of halogens is 4. The van der Waals surface area contributed by atoms with Crippen LogP contribution in [-0.2, 0) is 27.5 Å². The van der Waals surface area contributed by atoms with Crippen LogP contribution in [0.3, 0.4) is 0 Å². The summed E-state index contributed by atoms with van der Waals surface area (Å²) in [5, 5.41) is 0.362. The molecule has 0 unspecified atom stereocenters. The van der Waals surface area contributed by atoms with Gasteiger partial charge in [-0.25, -0.2) is 8.42 Å². The number of primary amides is 1. The van der Waals surface area contributed by atoms with E-state index in [1.54, 1.807) is 0 Å². The molecule has 0 spiro atoms. The second-order valence-electron chi connectivity index (χ2n) is 7.56. The molecule has 2 aromatic rings. The van der Waals surface area contributed by atoms with Crippen LogP contribution in [0.15, 0.2) is 53.4 Å². The van der Waals surface area contributed by atoms with Gasteiger partial charge in [-0.1, -0.05) is 36.6 Å². The molecule has 2 N–H and O–H groups in total. The van der Waals surface area contributed by atoms with Crippen molar-refractivity contribution >= 4 is 27.5 Å². The van der Waals surface area contributed by atoms with Gasteiger partial charge in [-0.3, -0.25) is 4.79 Å². The van der Waals surface area contributed by atoms with E-state index in [0.717, 1.165) is 18.6 Å². The van der Waals surface area contributed by atoms with Gasteiger partial charge in [-0.05, 0) is 54.8 Å². The Balaban J connectivity index is 2.01. The first-order valence-corrected chi connectivity index (χ1v) is 11.5. The molecule has 31 heavy (non-hydrogen) atoms. The lowest BCUT2D eigenvalue weighted by Crippen LogP contribution is -2.49.